The highest BCUT2D eigenvalue weighted by Gasteiger charge is 2.12. The molecule has 2 N–H and O–H groups in total. The predicted octanol–water partition coefficient (Wildman–Crippen LogP) is 1.84. The molecule has 2 aromatic rings. The van der Waals surface area contributed by atoms with Gasteiger partial charge >= 0.3 is 0 Å². The number of imidazole rings is 1. The normalized spacial score (nSPS) is 10.5. The Balaban J connectivity index is 2.60. The Labute approximate surface area is 100 Å². The molecule has 88 valence electrons. The van der Waals surface area contributed by atoms with Crippen LogP contribution in [-0.4, -0.2) is 15.5 Å². The Bertz CT molecular complexity index is 544. The number of amides is 1. The van der Waals surface area contributed by atoms with Gasteiger partial charge in [0.05, 0.1) is 6.33 Å². The maximum Gasteiger partial charge on any atom is 0.249 e. The molecule has 0 spiro atoms. The van der Waals surface area contributed by atoms with Crippen LogP contribution in [-0.2, 0) is 6.42 Å². The second-order valence-electron chi connectivity index (χ2n) is 3.98. The topological polar surface area (TPSA) is 60.9 Å². The molecule has 0 bridgehead atoms. The lowest BCUT2D eigenvalue weighted by atomic mass is 9.98. The summed E-state index contributed by atoms with van der Waals surface area (Å²) in [5, 5.41) is 0. The molecule has 0 unspecified atom stereocenters. The average molecular weight is 229 g/mol. The Morgan fingerprint density at radius 3 is 2.76 bits per heavy atom. The van der Waals surface area contributed by atoms with Crippen LogP contribution in [0.25, 0.3) is 5.69 Å². The molecule has 0 aliphatic rings. The molecule has 0 saturated heterocycles. The molecule has 0 radical (unpaired) electrons. The van der Waals surface area contributed by atoms with Crippen molar-refractivity contribution < 1.29 is 4.79 Å². The Morgan fingerprint density at radius 2 is 2.24 bits per heavy atom. The summed E-state index contributed by atoms with van der Waals surface area (Å²) >= 11 is 0. The van der Waals surface area contributed by atoms with E-state index in [4.69, 9.17) is 5.73 Å². The van der Waals surface area contributed by atoms with Gasteiger partial charge in [0.15, 0.2) is 0 Å². The number of aryl methyl sites for hydroxylation is 2. The summed E-state index contributed by atoms with van der Waals surface area (Å²) in [6, 6.07) is 3.93. The molecule has 17 heavy (non-hydrogen) atoms. The highest BCUT2D eigenvalue weighted by Crippen LogP contribution is 2.20. The first-order valence-electron chi connectivity index (χ1n) is 5.55. The molecule has 4 nitrogen and oxygen atoms in total. The van der Waals surface area contributed by atoms with Crippen LogP contribution < -0.4 is 5.73 Å². The van der Waals surface area contributed by atoms with E-state index in [9.17, 15) is 4.79 Å². The minimum atomic E-state index is -0.364. The molecule has 1 aromatic carbocycles. The highest BCUT2D eigenvalue weighted by molar-refractivity contribution is 5.96. The van der Waals surface area contributed by atoms with Gasteiger partial charge in [0.2, 0.25) is 5.91 Å². The molecule has 0 fully saturated rings. The smallest absolute Gasteiger partial charge is 0.249 e. The minimum absolute atomic E-state index is 0.364. The van der Waals surface area contributed by atoms with Gasteiger partial charge in [0.25, 0.3) is 0 Å². The third-order valence-electron chi connectivity index (χ3n) is 2.83. The minimum Gasteiger partial charge on any atom is -0.366 e. The molecule has 1 heterocycles. The van der Waals surface area contributed by atoms with Crippen LogP contribution in [0.2, 0.25) is 0 Å². The molecule has 0 aliphatic carbocycles. The molecule has 1 aromatic heterocycles. The fourth-order valence-corrected chi connectivity index (χ4v) is 2.03. The van der Waals surface area contributed by atoms with Gasteiger partial charge in [0, 0.05) is 23.6 Å². The number of nitrogens with two attached hydrogens (primary N) is 1. The van der Waals surface area contributed by atoms with Crippen molar-refractivity contribution in [3.05, 3.63) is 47.5 Å². The van der Waals surface area contributed by atoms with E-state index in [2.05, 4.69) is 4.98 Å². The summed E-state index contributed by atoms with van der Waals surface area (Å²) in [7, 11) is 0. The third kappa shape index (κ3) is 2.06. The SMILES string of the molecule is CCc1cc(-n2ccnc2)cc(C)c1C(N)=O. The lowest BCUT2D eigenvalue weighted by Gasteiger charge is -2.12. The predicted molar refractivity (Wildman–Crippen MR) is 66.2 cm³/mol. The van der Waals surface area contributed by atoms with Gasteiger partial charge in [-0.1, -0.05) is 6.92 Å². The van der Waals surface area contributed by atoms with E-state index < -0.39 is 0 Å². The zero-order valence-electron chi connectivity index (χ0n) is 9.97. The van der Waals surface area contributed by atoms with Gasteiger partial charge in [-0.05, 0) is 36.6 Å². The van der Waals surface area contributed by atoms with E-state index >= 15 is 0 Å². The van der Waals surface area contributed by atoms with Crippen LogP contribution in [0, 0.1) is 6.92 Å². The van der Waals surface area contributed by atoms with E-state index in [1.807, 2.05) is 36.7 Å². The van der Waals surface area contributed by atoms with Gasteiger partial charge in [-0.3, -0.25) is 4.79 Å². The summed E-state index contributed by atoms with van der Waals surface area (Å²) < 4.78 is 1.91. The quantitative estimate of drug-likeness (QED) is 0.873. The van der Waals surface area contributed by atoms with Crippen LogP contribution in [0.4, 0.5) is 0 Å². The van der Waals surface area contributed by atoms with Crippen LogP contribution in [0.3, 0.4) is 0 Å². The summed E-state index contributed by atoms with van der Waals surface area (Å²) in [4.78, 5) is 15.4. The maximum atomic E-state index is 11.4. The fourth-order valence-electron chi connectivity index (χ4n) is 2.03. The monoisotopic (exact) mass is 229 g/mol. The van der Waals surface area contributed by atoms with Crippen molar-refractivity contribution in [3.63, 3.8) is 0 Å². The van der Waals surface area contributed by atoms with Crippen LogP contribution in [0.1, 0.15) is 28.4 Å². The summed E-state index contributed by atoms with van der Waals surface area (Å²) in [6.07, 6.45) is 6.11. The van der Waals surface area contributed by atoms with Crippen molar-refractivity contribution in [2.24, 2.45) is 5.73 Å². The number of hydrogen-bond acceptors (Lipinski definition) is 2. The zero-order chi connectivity index (χ0) is 12.4. The number of hydrogen-bond donors (Lipinski definition) is 1. The first kappa shape index (κ1) is 11.4. The van der Waals surface area contributed by atoms with Gasteiger partial charge in [0.1, 0.15) is 0 Å². The Morgan fingerprint density at radius 1 is 1.47 bits per heavy atom. The molecular formula is C13H15N3O. The van der Waals surface area contributed by atoms with Crippen LogP contribution in [0.5, 0.6) is 0 Å². The number of rotatable bonds is 3. The molecule has 0 aliphatic heterocycles. The van der Waals surface area contributed by atoms with Crippen molar-refractivity contribution in [3.8, 4) is 5.69 Å². The Kier molecular flexibility index (Phi) is 2.95. The lowest BCUT2D eigenvalue weighted by molar-refractivity contribution is 0.0999. The average Bonchev–Trinajstić information content (AvgIpc) is 2.80. The van der Waals surface area contributed by atoms with E-state index in [1.165, 1.54) is 0 Å². The van der Waals surface area contributed by atoms with Crippen molar-refractivity contribution in [1.82, 2.24) is 9.55 Å². The number of carbonyl (C=O) groups excluding carboxylic acids is 1. The second kappa shape index (κ2) is 4.41. The van der Waals surface area contributed by atoms with Crippen LogP contribution in [0.15, 0.2) is 30.9 Å². The standard InChI is InChI=1S/C13H15N3O/c1-3-10-7-11(16-5-4-15-8-16)6-9(2)12(10)13(14)17/h4-8H,3H2,1-2H3,(H2,14,17). The van der Waals surface area contributed by atoms with Gasteiger partial charge in [-0.15, -0.1) is 0 Å². The largest absolute Gasteiger partial charge is 0.366 e. The molecule has 2 rings (SSSR count). The maximum absolute atomic E-state index is 11.4. The Hall–Kier alpha value is -2.10. The van der Waals surface area contributed by atoms with E-state index in [0.29, 0.717) is 5.56 Å². The van der Waals surface area contributed by atoms with Crippen molar-refractivity contribution >= 4 is 5.91 Å². The third-order valence-corrected chi connectivity index (χ3v) is 2.83. The first-order chi connectivity index (χ1) is 8.13. The molecular weight excluding hydrogens is 214 g/mol. The number of primary amides is 1. The number of aromatic nitrogens is 2. The highest BCUT2D eigenvalue weighted by atomic mass is 16.1. The molecule has 0 atom stereocenters. The summed E-state index contributed by atoms with van der Waals surface area (Å²) in [5.74, 6) is -0.364. The molecule has 4 heteroatoms. The van der Waals surface area contributed by atoms with Gasteiger partial charge in [-0.25, -0.2) is 4.98 Å². The van der Waals surface area contributed by atoms with E-state index in [-0.39, 0.29) is 5.91 Å². The number of nitrogens with zero attached hydrogens (tertiary/aromatic N) is 2. The fraction of sp³-hybridized carbons (Fsp3) is 0.231. The van der Waals surface area contributed by atoms with Crippen molar-refractivity contribution in [2.75, 3.05) is 0 Å². The van der Waals surface area contributed by atoms with Gasteiger partial charge < -0.3 is 10.3 Å². The summed E-state index contributed by atoms with van der Waals surface area (Å²) in [6.45, 7) is 3.92. The van der Waals surface area contributed by atoms with E-state index in [1.54, 1.807) is 12.5 Å². The van der Waals surface area contributed by atoms with Crippen molar-refractivity contribution in [1.29, 1.82) is 0 Å². The summed E-state index contributed by atoms with van der Waals surface area (Å²) in [5.41, 5.74) is 8.92. The van der Waals surface area contributed by atoms with E-state index in [0.717, 1.165) is 23.2 Å². The van der Waals surface area contributed by atoms with Crippen LogP contribution >= 0.6 is 0 Å². The second-order valence-corrected chi connectivity index (χ2v) is 3.98. The first-order valence-corrected chi connectivity index (χ1v) is 5.55. The number of carbonyl (C=O) groups is 1. The molecule has 1 amide bonds. The number of benzene rings is 1. The lowest BCUT2D eigenvalue weighted by Crippen LogP contribution is -2.16. The molecule has 0 saturated carbocycles. The van der Waals surface area contributed by atoms with Crippen molar-refractivity contribution in [2.45, 2.75) is 20.3 Å². The zero-order valence-corrected chi connectivity index (χ0v) is 9.97. The van der Waals surface area contributed by atoms with Gasteiger partial charge in [-0.2, -0.15) is 0 Å².